The van der Waals surface area contributed by atoms with E-state index in [1.54, 1.807) is 0 Å². The third-order valence-electron chi connectivity index (χ3n) is 2.58. The maximum atomic E-state index is 4.47. The minimum Gasteiger partial charge on any atom is -0.662 e. The molecule has 3 heteroatoms. The molecule has 0 aromatic heterocycles. The summed E-state index contributed by atoms with van der Waals surface area (Å²) in [5, 5.41) is 4.47. The van der Waals surface area contributed by atoms with Crippen LogP contribution < -0.4 is 0 Å². The SMILES string of the molecule is CN1CC2C[N-]CC(C2)C1.[CH3-].[Y]. The standard InChI is InChI=1S/C8H15N2.CH3.Y/c1-10-5-7-2-8(6-10)4-9-3-7;;/h7-8H,2-6H2,1H3;1H3;/q2*-1;. The van der Waals surface area contributed by atoms with Crippen molar-refractivity contribution in [3.05, 3.63) is 12.7 Å². The van der Waals surface area contributed by atoms with E-state index in [9.17, 15) is 0 Å². The molecule has 2 saturated heterocycles. The summed E-state index contributed by atoms with van der Waals surface area (Å²) >= 11 is 0. The molecule has 2 unspecified atom stereocenters. The summed E-state index contributed by atoms with van der Waals surface area (Å²) in [5.74, 6) is 1.77. The maximum Gasteiger partial charge on any atom is 0 e. The van der Waals surface area contributed by atoms with Crippen LogP contribution in [0.25, 0.3) is 5.32 Å². The Labute approximate surface area is 101 Å². The van der Waals surface area contributed by atoms with Gasteiger partial charge in [0.1, 0.15) is 0 Å². The Morgan fingerprint density at radius 2 is 1.67 bits per heavy atom. The molecule has 0 aromatic carbocycles. The summed E-state index contributed by atoms with van der Waals surface area (Å²) in [5.41, 5.74) is 0. The number of nitrogens with zero attached hydrogens (tertiary/aromatic N) is 2. The van der Waals surface area contributed by atoms with E-state index in [0.29, 0.717) is 0 Å². The Balaban J connectivity index is 0.000000605. The zero-order valence-corrected chi connectivity index (χ0v) is 11.0. The smallest absolute Gasteiger partial charge is 0 e. The normalized spacial score (nSPS) is 34.8. The van der Waals surface area contributed by atoms with Crippen molar-refractivity contribution < 1.29 is 32.7 Å². The van der Waals surface area contributed by atoms with Gasteiger partial charge in [-0.3, -0.25) is 0 Å². The van der Waals surface area contributed by atoms with Crippen molar-refractivity contribution in [2.75, 3.05) is 33.2 Å². The first-order valence-electron chi connectivity index (χ1n) is 4.16. The third-order valence-corrected chi connectivity index (χ3v) is 2.58. The Kier molecular flexibility index (Phi) is 6.18. The molecule has 2 rings (SSSR count). The van der Waals surface area contributed by atoms with E-state index in [4.69, 9.17) is 0 Å². The fourth-order valence-corrected chi connectivity index (χ4v) is 2.28. The summed E-state index contributed by atoms with van der Waals surface area (Å²) in [6.45, 7) is 4.81. The third kappa shape index (κ3) is 3.06. The molecule has 2 heterocycles. The molecule has 2 nitrogen and oxygen atoms in total. The Bertz CT molecular complexity index is 114. The summed E-state index contributed by atoms with van der Waals surface area (Å²) in [6.07, 6.45) is 1.44. The van der Waals surface area contributed by atoms with Gasteiger partial charge in [-0.25, -0.2) is 0 Å². The van der Waals surface area contributed by atoms with Crippen molar-refractivity contribution >= 4 is 0 Å². The zero-order valence-electron chi connectivity index (χ0n) is 8.16. The van der Waals surface area contributed by atoms with Crippen LogP contribution >= 0.6 is 0 Å². The van der Waals surface area contributed by atoms with Gasteiger partial charge in [-0.05, 0) is 38.4 Å². The molecular formula is C9H18N2Y-2. The van der Waals surface area contributed by atoms with Crippen LogP contribution in [-0.2, 0) is 32.7 Å². The molecule has 0 spiro atoms. The monoisotopic (exact) mass is 243 g/mol. The van der Waals surface area contributed by atoms with Gasteiger partial charge < -0.3 is 17.6 Å². The Hall–Kier alpha value is 1.02. The summed E-state index contributed by atoms with van der Waals surface area (Å²) in [7, 11) is 2.23. The van der Waals surface area contributed by atoms with Gasteiger partial charge in [0, 0.05) is 32.7 Å². The van der Waals surface area contributed by atoms with Gasteiger partial charge in [0.15, 0.2) is 0 Å². The van der Waals surface area contributed by atoms with Crippen molar-refractivity contribution in [3.8, 4) is 0 Å². The number of fused-ring (bicyclic) bond motifs is 2. The van der Waals surface area contributed by atoms with Crippen LogP contribution in [0.3, 0.4) is 0 Å². The minimum atomic E-state index is 0. The predicted octanol–water partition coefficient (Wildman–Crippen LogP) is 1.39. The summed E-state index contributed by atoms with van der Waals surface area (Å²) in [6, 6.07) is 0. The second-order valence-corrected chi connectivity index (χ2v) is 3.78. The van der Waals surface area contributed by atoms with Gasteiger partial charge in [0.25, 0.3) is 0 Å². The van der Waals surface area contributed by atoms with Crippen LogP contribution in [0.1, 0.15) is 6.42 Å². The fourth-order valence-electron chi connectivity index (χ4n) is 2.28. The first-order chi connectivity index (χ1) is 4.84. The number of likely N-dealkylation sites (tertiary alicyclic amines) is 1. The molecule has 0 aliphatic carbocycles. The van der Waals surface area contributed by atoms with Crippen LogP contribution in [0.15, 0.2) is 0 Å². The van der Waals surface area contributed by atoms with E-state index in [0.717, 1.165) is 24.9 Å². The molecule has 0 amide bonds. The van der Waals surface area contributed by atoms with E-state index >= 15 is 0 Å². The van der Waals surface area contributed by atoms with E-state index < -0.39 is 0 Å². The number of hydrogen-bond acceptors (Lipinski definition) is 1. The molecular weight excluding hydrogens is 225 g/mol. The van der Waals surface area contributed by atoms with Crippen LogP contribution in [0, 0.1) is 19.3 Å². The van der Waals surface area contributed by atoms with E-state index in [1.807, 2.05) is 0 Å². The van der Waals surface area contributed by atoms with Gasteiger partial charge >= 0.3 is 0 Å². The molecule has 69 valence electrons. The van der Waals surface area contributed by atoms with Crippen LogP contribution in [-0.4, -0.2) is 38.1 Å². The van der Waals surface area contributed by atoms with Gasteiger partial charge in [-0.1, -0.05) is 0 Å². The molecule has 2 atom stereocenters. The second-order valence-electron chi connectivity index (χ2n) is 3.78. The maximum absolute atomic E-state index is 4.47. The van der Waals surface area contributed by atoms with E-state index in [-0.39, 0.29) is 40.1 Å². The molecule has 12 heavy (non-hydrogen) atoms. The molecule has 2 aliphatic rings. The van der Waals surface area contributed by atoms with E-state index in [1.165, 1.54) is 19.5 Å². The largest absolute Gasteiger partial charge is 0.662 e. The predicted molar refractivity (Wildman–Crippen MR) is 48.6 cm³/mol. The van der Waals surface area contributed by atoms with Crippen LogP contribution in [0.2, 0.25) is 0 Å². The zero-order chi connectivity index (χ0) is 6.97. The Morgan fingerprint density at radius 1 is 1.17 bits per heavy atom. The Morgan fingerprint density at radius 3 is 2.17 bits per heavy atom. The van der Waals surface area contributed by atoms with Crippen molar-refractivity contribution in [2.45, 2.75) is 6.42 Å². The first kappa shape index (κ1) is 13.0. The molecule has 2 fully saturated rings. The molecule has 2 bridgehead atoms. The molecule has 1 radical (unpaired) electrons. The topological polar surface area (TPSA) is 17.3 Å². The van der Waals surface area contributed by atoms with E-state index in [2.05, 4.69) is 17.3 Å². The fraction of sp³-hybridized carbons (Fsp3) is 0.889. The molecule has 0 N–H and O–H groups in total. The van der Waals surface area contributed by atoms with Gasteiger partial charge in [-0.2, -0.15) is 0 Å². The second kappa shape index (κ2) is 5.69. The van der Waals surface area contributed by atoms with Crippen molar-refractivity contribution in [3.63, 3.8) is 0 Å². The van der Waals surface area contributed by atoms with Crippen molar-refractivity contribution in [2.24, 2.45) is 11.8 Å². The van der Waals surface area contributed by atoms with Crippen molar-refractivity contribution in [1.29, 1.82) is 0 Å². The molecule has 2 aliphatic heterocycles. The molecule has 0 saturated carbocycles. The minimum absolute atomic E-state index is 0. The average Bonchev–Trinajstić information content (AvgIpc) is 1.85. The van der Waals surface area contributed by atoms with Crippen LogP contribution in [0.4, 0.5) is 0 Å². The van der Waals surface area contributed by atoms with Gasteiger partial charge in [0.05, 0.1) is 0 Å². The van der Waals surface area contributed by atoms with Gasteiger partial charge in [-0.15, -0.1) is 13.1 Å². The number of hydrogen-bond donors (Lipinski definition) is 0. The summed E-state index contributed by atoms with van der Waals surface area (Å²) in [4.78, 5) is 2.45. The number of piperidine rings is 2. The first-order valence-corrected chi connectivity index (χ1v) is 4.16. The van der Waals surface area contributed by atoms with Crippen molar-refractivity contribution in [1.82, 2.24) is 4.90 Å². The van der Waals surface area contributed by atoms with Crippen LogP contribution in [0.5, 0.6) is 0 Å². The quantitative estimate of drug-likeness (QED) is 0.588. The summed E-state index contributed by atoms with van der Waals surface area (Å²) < 4.78 is 0. The average molecular weight is 243 g/mol. The number of rotatable bonds is 0. The van der Waals surface area contributed by atoms with Gasteiger partial charge in [0.2, 0.25) is 0 Å². The molecule has 0 aromatic rings.